The maximum Gasteiger partial charge on any atom is 0.192 e. The third kappa shape index (κ3) is 6.17. The minimum Gasteiger partial charge on any atom is -0.372 e. The van der Waals surface area contributed by atoms with Gasteiger partial charge in [-0.25, -0.2) is 4.39 Å². The number of guanidine groups is 1. The molecular formula is C16H23FN4. The van der Waals surface area contributed by atoms with E-state index in [4.69, 9.17) is 6.42 Å². The van der Waals surface area contributed by atoms with Crippen LogP contribution >= 0.6 is 0 Å². The Morgan fingerprint density at radius 2 is 2.14 bits per heavy atom. The van der Waals surface area contributed by atoms with E-state index in [9.17, 15) is 4.39 Å². The molecule has 1 aromatic rings. The SMILES string of the molecule is C#CCNC(=NCCCN(C)c1ccccc1F)NCC. The highest BCUT2D eigenvalue weighted by Crippen LogP contribution is 2.16. The van der Waals surface area contributed by atoms with E-state index in [1.807, 2.05) is 24.9 Å². The van der Waals surface area contributed by atoms with Gasteiger partial charge in [0.05, 0.1) is 12.2 Å². The van der Waals surface area contributed by atoms with Crippen molar-refractivity contribution in [1.29, 1.82) is 0 Å². The van der Waals surface area contributed by atoms with Gasteiger partial charge in [0.2, 0.25) is 0 Å². The van der Waals surface area contributed by atoms with Gasteiger partial charge in [-0.2, -0.15) is 0 Å². The van der Waals surface area contributed by atoms with Gasteiger partial charge in [-0.3, -0.25) is 4.99 Å². The van der Waals surface area contributed by atoms with Crippen molar-refractivity contribution in [3.05, 3.63) is 30.1 Å². The van der Waals surface area contributed by atoms with Crippen molar-refractivity contribution in [2.24, 2.45) is 4.99 Å². The lowest BCUT2D eigenvalue weighted by Crippen LogP contribution is -2.37. The van der Waals surface area contributed by atoms with Gasteiger partial charge in [0, 0.05) is 26.7 Å². The third-order valence-electron chi connectivity index (χ3n) is 2.89. The van der Waals surface area contributed by atoms with Crippen LogP contribution in [0.15, 0.2) is 29.3 Å². The van der Waals surface area contributed by atoms with Crippen LogP contribution in [0.2, 0.25) is 0 Å². The molecule has 0 heterocycles. The van der Waals surface area contributed by atoms with Crippen LogP contribution in [0.25, 0.3) is 0 Å². The van der Waals surface area contributed by atoms with E-state index in [0.29, 0.717) is 24.7 Å². The Morgan fingerprint density at radius 1 is 1.38 bits per heavy atom. The molecule has 0 unspecified atom stereocenters. The van der Waals surface area contributed by atoms with Crippen molar-refractivity contribution in [2.75, 3.05) is 38.1 Å². The Kier molecular flexibility index (Phi) is 7.73. The van der Waals surface area contributed by atoms with Crippen LogP contribution in [0.4, 0.5) is 10.1 Å². The summed E-state index contributed by atoms with van der Waals surface area (Å²) >= 11 is 0. The Hall–Kier alpha value is -2.22. The summed E-state index contributed by atoms with van der Waals surface area (Å²) in [5, 5.41) is 6.14. The Morgan fingerprint density at radius 3 is 2.81 bits per heavy atom. The van der Waals surface area contributed by atoms with Gasteiger partial charge in [-0.1, -0.05) is 18.1 Å². The Labute approximate surface area is 126 Å². The van der Waals surface area contributed by atoms with Crippen molar-refractivity contribution < 1.29 is 4.39 Å². The highest BCUT2D eigenvalue weighted by atomic mass is 19.1. The Bertz CT molecular complexity index is 493. The standard InChI is InChI=1S/C16H23FN4/c1-4-11-19-16(18-5-2)20-12-8-13-21(3)15-10-7-6-9-14(15)17/h1,6-7,9-10H,5,8,11-13H2,2-3H3,(H2,18,19,20). The summed E-state index contributed by atoms with van der Waals surface area (Å²) in [6.07, 6.45) is 6.04. The second-order valence-electron chi connectivity index (χ2n) is 4.54. The molecule has 0 aliphatic rings. The number of halogens is 1. The predicted octanol–water partition coefficient (Wildman–Crippen LogP) is 1.84. The molecule has 2 N–H and O–H groups in total. The number of terminal acetylenes is 1. The summed E-state index contributed by atoms with van der Waals surface area (Å²) in [5.41, 5.74) is 0.610. The van der Waals surface area contributed by atoms with Crippen molar-refractivity contribution in [1.82, 2.24) is 10.6 Å². The van der Waals surface area contributed by atoms with E-state index in [2.05, 4.69) is 21.5 Å². The lowest BCUT2D eigenvalue weighted by atomic mass is 10.2. The molecule has 0 fully saturated rings. The summed E-state index contributed by atoms with van der Waals surface area (Å²) in [4.78, 5) is 6.31. The Balaban J connectivity index is 2.41. The number of nitrogens with zero attached hydrogens (tertiary/aromatic N) is 2. The first kappa shape index (κ1) is 16.8. The molecular weight excluding hydrogens is 267 g/mol. The summed E-state index contributed by atoms with van der Waals surface area (Å²) in [6, 6.07) is 6.77. The zero-order valence-electron chi connectivity index (χ0n) is 12.7. The lowest BCUT2D eigenvalue weighted by Gasteiger charge is -2.19. The average Bonchev–Trinajstić information content (AvgIpc) is 2.49. The number of hydrogen-bond acceptors (Lipinski definition) is 2. The minimum absolute atomic E-state index is 0.201. The number of hydrogen-bond donors (Lipinski definition) is 2. The summed E-state index contributed by atoms with van der Waals surface area (Å²) in [6.45, 7) is 4.61. The molecule has 1 rings (SSSR count). The maximum atomic E-state index is 13.6. The van der Waals surface area contributed by atoms with Gasteiger partial charge < -0.3 is 15.5 Å². The van der Waals surface area contributed by atoms with Crippen LogP contribution in [0, 0.1) is 18.2 Å². The van der Waals surface area contributed by atoms with Crippen LogP contribution in [-0.2, 0) is 0 Å². The molecule has 0 aromatic heterocycles. The molecule has 0 aliphatic carbocycles. The van der Waals surface area contributed by atoms with Crippen LogP contribution < -0.4 is 15.5 Å². The van der Waals surface area contributed by atoms with Gasteiger partial charge in [-0.05, 0) is 25.5 Å². The zero-order chi connectivity index (χ0) is 15.5. The molecule has 0 atom stereocenters. The van der Waals surface area contributed by atoms with Crippen LogP contribution in [0.1, 0.15) is 13.3 Å². The average molecular weight is 290 g/mol. The van der Waals surface area contributed by atoms with Crippen molar-refractivity contribution in [3.8, 4) is 12.3 Å². The fourth-order valence-corrected chi connectivity index (χ4v) is 1.86. The van der Waals surface area contributed by atoms with Crippen molar-refractivity contribution >= 4 is 11.6 Å². The second-order valence-corrected chi connectivity index (χ2v) is 4.54. The fourth-order valence-electron chi connectivity index (χ4n) is 1.86. The van der Waals surface area contributed by atoms with E-state index < -0.39 is 0 Å². The number of anilines is 1. The van der Waals surface area contributed by atoms with Crippen molar-refractivity contribution in [3.63, 3.8) is 0 Å². The molecule has 0 aliphatic heterocycles. The highest BCUT2D eigenvalue weighted by molar-refractivity contribution is 5.79. The normalized spacial score (nSPS) is 10.9. The molecule has 0 saturated carbocycles. The number of nitrogens with one attached hydrogen (secondary N) is 2. The largest absolute Gasteiger partial charge is 0.372 e. The highest BCUT2D eigenvalue weighted by Gasteiger charge is 2.05. The van der Waals surface area contributed by atoms with E-state index in [-0.39, 0.29) is 5.82 Å². The molecule has 0 amide bonds. The smallest absolute Gasteiger partial charge is 0.192 e. The topological polar surface area (TPSA) is 39.7 Å². The van der Waals surface area contributed by atoms with E-state index in [1.165, 1.54) is 6.07 Å². The first-order chi connectivity index (χ1) is 10.2. The molecule has 4 nitrogen and oxygen atoms in total. The molecule has 0 saturated heterocycles. The predicted molar refractivity (Wildman–Crippen MR) is 87.1 cm³/mol. The third-order valence-corrected chi connectivity index (χ3v) is 2.89. The van der Waals surface area contributed by atoms with Crippen LogP contribution in [-0.4, -0.2) is 39.2 Å². The van der Waals surface area contributed by atoms with Crippen LogP contribution in [0.3, 0.4) is 0 Å². The molecule has 0 spiro atoms. The zero-order valence-corrected chi connectivity index (χ0v) is 12.7. The maximum absolute atomic E-state index is 13.6. The van der Waals surface area contributed by atoms with Gasteiger partial charge in [-0.15, -0.1) is 6.42 Å². The number of rotatable bonds is 7. The number of para-hydroxylation sites is 1. The van der Waals surface area contributed by atoms with E-state index in [0.717, 1.165) is 19.5 Å². The summed E-state index contributed by atoms with van der Waals surface area (Å²) in [5.74, 6) is 3.02. The van der Waals surface area contributed by atoms with Crippen LogP contribution in [0.5, 0.6) is 0 Å². The van der Waals surface area contributed by atoms with E-state index in [1.54, 1.807) is 12.1 Å². The molecule has 0 bridgehead atoms. The molecule has 0 radical (unpaired) electrons. The monoisotopic (exact) mass is 290 g/mol. The van der Waals surface area contributed by atoms with Crippen molar-refractivity contribution in [2.45, 2.75) is 13.3 Å². The first-order valence-electron chi connectivity index (χ1n) is 7.10. The van der Waals surface area contributed by atoms with Gasteiger partial charge in [0.25, 0.3) is 0 Å². The lowest BCUT2D eigenvalue weighted by molar-refractivity contribution is 0.620. The van der Waals surface area contributed by atoms with E-state index >= 15 is 0 Å². The molecule has 5 heteroatoms. The minimum atomic E-state index is -0.201. The first-order valence-corrected chi connectivity index (χ1v) is 7.10. The number of aliphatic imine (C=N–C) groups is 1. The van der Waals surface area contributed by atoms with Gasteiger partial charge in [0.15, 0.2) is 5.96 Å². The molecule has 1 aromatic carbocycles. The van der Waals surface area contributed by atoms with Gasteiger partial charge in [0.1, 0.15) is 5.82 Å². The number of benzene rings is 1. The molecule has 21 heavy (non-hydrogen) atoms. The summed E-state index contributed by atoms with van der Waals surface area (Å²) in [7, 11) is 1.88. The van der Waals surface area contributed by atoms with Gasteiger partial charge >= 0.3 is 0 Å². The second kappa shape index (κ2) is 9.65. The quantitative estimate of drug-likeness (QED) is 0.348. The fraction of sp³-hybridized carbons (Fsp3) is 0.438. The summed E-state index contributed by atoms with van der Waals surface area (Å²) < 4.78 is 13.6. The molecule has 114 valence electrons.